The van der Waals surface area contributed by atoms with Crippen LogP contribution in [0.2, 0.25) is 0 Å². The third-order valence-electron chi connectivity index (χ3n) is 6.87. The average Bonchev–Trinajstić information content (AvgIpc) is 2.89. The third-order valence-corrected chi connectivity index (χ3v) is 6.87. The number of carbonyl (C=O) groups excluding carboxylic acids is 1. The zero-order chi connectivity index (χ0) is 27.5. The lowest BCUT2D eigenvalue weighted by Crippen LogP contribution is -2.44. The summed E-state index contributed by atoms with van der Waals surface area (Å²) in [6, 6.07) is 6.92. The standard InChI is InChI=1S/C27H31F3N6O2/c1-26(25(37)31-2)10-6-5-7-23(26)33-21-16-24(32-17-19(21)27(28,29)30)34-20-9-8-18(15-22(20)38-4)36-13-11-35(3)12-14-36/h6,8-9,15-17H,10-14H2,1-4H3,(H,31,37)(H2,32,33,34). The fraction of sp³-hybridized carbons (Fsp3) is 0.407. The Morgan fingerprint density at radius 2 is 1.87 bits per heavy atom. The van der Waals surface area contributed by atoms with Crippen LogP contribution in [-0.4, -0.2) is 63.2 Å². The Morgan fingerprint density at radius 3 is 2.53 bits per heavy atom. The van der Waals surface area contributed by atoms with Gasteiger partial charge < -0.3 is 30.5 Å². The van der Waals surface area contributed by atoms with E-state index in [0.29, 0.717) is 11.4 Å². The van der Waals surface area contributed by atoms with E-state index in [4.69, 9.17) is 4.74 Å². The maximum absolute atomic E-state index is 13.9. The molecule has 38 heavy (non-hydrogen) atoms. The minimum atomic E-state index is -4.67. The van der Waals surface area contributed by atoms with E-state index in [9.17, 15) is 18.0 Å². The number of pyridine rings is 1. The van der Waals surface area contributed by atoms with Gasteiger partial charge in [0.2, 0.25) is 5.91 Å². The van der Waals surface area contributed by atoms with Crippen molar-refractivity contribution in [3.63, 3.8) is 0 Å². The van der Waals surface area contributed by atoms with Gasteiger partial charge in [0.15, 0.2) is 0 Å². The molecule has 1 saturated heterocycles. The van der Waals surface area contributed by atoms with Crippen molar-refractivity contribution in [2.45, 2.75) is 19.5 Å². The van der Waals surface area contributed by atoms with Crippen LogP contribution in [0.25, 0.3) is 0 Å². The molecule has 1 aliphatic carbocycles. The van der Waals surface area contributed by atoms with E-state index in [0.717, 1.165) is 38.1 Å². The number of benzene rings is 1. The largest absolute Gasteiger partial charge is 0.494 e. The Hall–Kier alpha value is -3.91. The van der Waals surface area contributed by atoms with Gasteiger partial charge in [-0.2, -0.15) is 13.2 Å². The molecular formula is C27H31F3N6O2. The lowest BCUT2D eigenvalue weighted by Gasteiger charge is -2.34. The van der Waals surface area contributed by atoms with Crippen LogP contribution >= 0.6 is 0 Å². The Kier molecular flexibility index (Phi) is 7.73. The van der Waals surface area contributed by atoms with Crippen molar-refractivity contribution >= 4 is 28.8 Å². The number of rotatable bonds is 7. The molecule has 2 heterocycles. The van der Waals surface area contributed by atoms with Crippen molar-refractivity contribution in [3.8, 4) is 5.75 Å². The van der Waals surface area contributed by atoms with Gasteiger partial charge in [-0.05, 0) is 44.3 Å². The summed E-state index contributed by atoms with van der Waals surface area (Å²) in [6.45, 7) is 5.31. The number of allylic oxidation sites excluding steroid dienone is 1. The number of nitrogens with zero attached hydrogens (tertiary/aromatic N) is 3. The highest BCUT2D eigenvalue weighted by atomic mass is 19.4. The van der Waals surface area contributed by atoms with Gasteiger partial charge in [-0.15, -0.1) is 0 Å². The van der Waals surface area contributed by atoms with E-state index < -0.39 is 17.2 Å². The van der Waals surface area contributed by atoms with Crippen molar-refractivity contribution in [2.75, 3.05) is 62.9 Å². The maximum atomic E-state index is 13.9. The highest BCUT2D eigenvalue weighted by molar-refractivity contribution is 5.87. The molecular weight excluding hydrogens is 497 g/mol. The summed E-state index contributed by atoms with van der Waals surface area (Å²) in [4.78, 5) is 21.1. The number of aromatic nitrogens is 1. The number of hydrogen-bond donors (Lipinski definition) is 3. The number of ether oxygens (including phenoxy) is 1. The normalized spacial score (nSPS) is 19.7. The minimum absolute atomic E-state index is 0.170. The Labute approximate surface area is 219 Å². The molecule has 1 aliphatic heterocycles. The molecule has 4 rings (SSSR count). The molecule has 3 N–H and O–H groups in total. The van der Waals surface area contributed by atoms with Crippen molar-refractivity contribution in [2.24, 2.45) is 5.41 Å². The van der Waals surface area contributed by atoms with Crippen molar-refractivity contribution in [1.29, 1.82) is 0 Å². The molecule has 2 aliphatic rings. The predicted octanol–water partition coefficient (Wildman–Crippen LogP) is 4.37. The van der Waals surface area contributed by atoms with E-state index in [1.807, 2.05) is 18.2 Å². The van der Waals surface area contributed by atoms with Crippen molar-refractivity contribution < 1.29 is 22.7 Å². The molecule has 1 amide bonds. The minimum Gasteiger partial charge on any atom is -0.494 e. The number of amides is 1. The lowest BCUT2D eigenvalue weighted by molar-refractivity contribution is -0.137. The summed E-state index contributed by atoms with van der Waals surface area (Å²) < 4.78 is 47.2. The molecule has 8 nitrogen and oxygen atoms in total. The summed E-state index contributed by atoms with van der Waals surface area (Å²) in [6.07, 6.45) is -2.02. The molecule has 0 spiro atoms. The van der Waals surface area contributed by atoms with Gasteiger partial charge in [-0.1, -0.05) is 5.73 Å². The first kappa shape index (κ1) is 27.1. The molecule has 1 aromatic carbocycles. The Morgan fingerprint density at radius 1 is 1.13 bits per heavy atom. The molecule has 1 fully saturated rings. The van der Waals surface area contributed by atoms with Crippen LogP contribution in [0, 0.1) is 5.41 Å². The van der Waals surface area contributed by atoms with Crippen LogP contribution in [0.3, 0.4) is 0 Å². The second kappa shape index (κ2) is 10.8. The summed E-state index contributed by atoms with van der Waals surface area (Å²) in [5.41, 5.74) is 4.91. The number of methoxy groups -OCH3 is 1. The van der Waals surface area contributed by atoms with Gasteiger partial charge in [-0.25, -0.2) is 4.98 Å². The summed E-state index contributed by atoms with van der Waals surface area (Å²) in [5, 5.41) is 8.43. The SMILES string of the molecule is CNC(=O)C1(C)CC=C=C=C1Nc1cc(Nc2ccc(N3CCN(C)CC3)cc2OC)ncc1C(F)(F)F. The Bertz CT molecular complexity index is 1310. The number of carbonyl (C=O) groups is 1. The molecule has 1 unspecified atom stereocenters. The van der Waals surface area contributed by atoms with Gasteiger partial charge in [0.05, 0.1) is 35.2 Å². The van der Waals surface area contributed by atoms with E-state index in [1.54, 1.807) is 13.0 Å². The van der Waals surface area contributed by atoms with Crippen LogP contribution in [0.1, 0.15) is 18.9 Å². The molecule has 0 bridgehead atoms. The van der Waals surface area contributed by atoms with Gasteiger partial charge in [0.1, 0.15) is 11.6 Å². The summed E-state index contributed by atoms with van der Waals surface area (Å²) in [5.74, 6) is 0.355. The van der Waals surface area contributed by atoms with Crippen LogP contribution < -0.4 is 25.6 Å². The van der Waals surface area contributed by atoms with Crippen molar-refractivity contribution in [1.82, 2.24) is 15.2 Å². The molecule has 0 radical (unpaired) electrons. The first-order valence-electron chi connectivity index (χ1n) is 12.2. The van der Waals surface area contributed by atoms with E-state index in [2.05, 4.69) is 49.2 Å². The second-order valence-electron chi connectivity index (χ2n) is 9.50. The van der Waals surface area contributed by atoms with E-state index in [-0.39, 0.29) is 29.5 Å². The van der Waals surface area contributed by atoms with Crippen LogP contribution in [0.15, 0.2) is 53.7 Å². The first-order valence-corrected chi connectivity index (χ1v) is 12.2. The summed E-state index contributed by atoms with van der Waals surface area (Å²) in [7, 11) is 5.10. The topological polar surface area (TPSA) is 81.8 Å². The molecule has 202 valence electrons. The number of alkyl halides is 3. The molecule has 1 aromatic heterocycles. The number of nitrogens with one attached hydrogen (secondary N) is 3. The molecule has 2 aromatic rings. The van der Waals surface area contributed by atoms with Gasteiger partial charge >= 0.3 is 6.18 Å². The first-order chi connectivity index (χ1) is 18.0. The predicted molar refractivity (Wildman–Crippen MR) is 141 cm³/mol. The fourth-order valence-corrected chi connectivity index (χ4v) is 4.44. The average molecular weight is 529 g/mol. The zero-order valence-electron chi connectivity index (χ0n) is 21.8. The molecule has 11 heteroatoms. The number of likely N-dealkylation sites (N-methyl/N-ethyl adjacent to an activating group) is 1. The van der Waals surface area contributed by atoms with Gasteiger partial charge in [-0.3, -0.25) is 4.79 Å². The Balaban J connectivity index is 1.65. The smallest absolute Gasteiger partial charge is 0.419 e. The highest BCUT2D eigenvalue weighted by Crippen LogP contribution is 2.40. The number of halogens is 3. The second-order valence-corrected chi connectivity index (χ2v) is 9.50. The highest BCUT2D eigenvalue weighted by Gasteiger charge is 2.40. The van der Waals surface area contributed by atoms with Crippen LogP contribution in [-0.2, 0) is 11.0 Å². The van der Waals surface area contributed by atoms with E-state index in [1.165, 1.54) is 20.2 Å². The number of anilines is 4. The number of hydrogen-bond acceptors (Lipinski definition) is 7. The molecule has 1 atom stereocenters. The zero-order valence-corrected chi connectivity index (χ0v) is 21.8. The van der Waals surface area contributed by atoms with E-state index >= 15 is 0 Å². The summed E-state index contributed by atoms with van der Waals surface area (Å²) >= 11 is 0. The lowest BCUT2D eigenvalue weighted by atomic mass is 9.80. The maximum Gasteiger partial charge on any atom is 0.419 e. The fourth-order valence-electron chi connectivity index (χ4n) is 4.44. The molecule has 0 saturated carbocycles. The third kappa shape index (κ3) is 5.65. The van der Waals surface area contributed by atoms with Gasteiger partial charge in [0, 0.05) is 57.2 Å². The van der Waals surface area contributed by atoms with Crippen LogP contribution in [0.4, 0.5) is 36.1 Å². The monoisotopic (exact) mass is 528 g/mol. The van der Waals surface area contributed by atoms with Gasteiger partial charge in [0.25, 0.3) is 0 Å². The quantitative estimate of drug-likeness (QED) is 0.461. The number of piperazine rings is 1. The van der Waals surface area contributed by atoms with Crippen LogP contribution in [0.5, 0.6) is 5.75 Å². The van der Waals surface area contributed by atoms with Crippen molar-refractivity contribution in [3.05, 3.63) is 59.3 Å².